The zero-order valence-electron chi connectivity index (χ0n) is 12.7. The van der Waals surface area contributed by atoms with E-state index in [4.69, 9.17) is 0 Å². The molecule has 2 unspecified atom stereocenters. The Morgan fingerprint density at radius 2 is 2.14 bits per heavy atom. The van der Waals surface area contributed by atoms with Gasteiger partial charge in [-0.2, -0.15) is 0 Å². The Labute approximate surface area is 151 Å². The molecule has 0 aromatic heterocycles. The molecule has 2 bridgehead atoms. The average molecular weight is 406 g/mol. The number of amides is 1. The third kappa shape index (κ3) is 3.99. The summed E-state index contributed by atoms with van der Waals surface area (Å²) in [6.07, 6.45) is 3.44. The molecule has 1 aromatic rings. The Kier molecular flexibility index (Phi) is 6.62. The number of fused-ring (bicyclic) bond motifs is 2. The standard InChI is InChI=1S/C16H21BrN2OS.ClH/c1-11-8-12(17)2-5-15(11)21-10-16(20)19-13-3-4-14(19)9-18-7-6-13;/h2,5,8,13-14,18H,3-4,6-7,9-10H2,1H3;1H. The second kappa shape index (κ2) is 8.04. The van der Waals surface area contributed by atoms with Gasteiger partial charge in [0, 0.05) is 28.0 Å². The quantitative estimate of drug-likeness (QED) is 0.780. The fourth-order valence-electron chi connectivity index (χ4n) is 3.38. The van der Waals surface area contributed by atoms with Crippen LogP contribution in [0.1, 0.15) is 24.8 Å². The average Bonchev–Trinajstić information content (AvgIpc) is 2.71. The fraction of sp³-hybridized carbons (Fsp3) is 0.562. The summed E-state index contributed by atoms with van der Waals surface area (Å²) in [5.41, 5.74) is 1.22. The molecule has 6 heteroatoms. The molecule has 0 radical (unpaired) electrons. The van der Waals surface area contributed by atoms with Gasteiger partial charge in [0.1, 0.15) is 0 Å². The maximum Gasteiger partial charge on any atom is 0.233 e. The van der Waals surface area contributed by atoms with E-state index in [2.05, 4.69) is 45.2 Å². The first-order chi connectivity index (χ1) is 10.1. The van der Waals surface area contributed by atoms with E-state index in [0.29, 0.717) is 23.7 Å². The van der Waals surface area contributed by atoms with Crippen molar-refractivity contribution >= 4 is 46.0 Å². The molecule has 0 aliphatic carbocycles. The number of rotatable bonds is 3. The van der Waals surface area contributed by atoms with Gasteiger partial charge < -0.3 is 10.2 Å². The van der Waals surface area contributed by atoms with Gasteiger partial charge >= 0.3 is 0 Å². The van der Waals surface area contributed by atoms with Crippen LogP contribution < -0.4 is 5.32 Å². The molecule has 3 nitrogen and oxygen atoms in total. The first-order valence-electron chi connectivity index (χ1n) is 7.56. The van der Waals surface area contributed by atoms with E-state index in [1.807, 2.05) is 6.07 Å². The van der Waals surface area contributed by atoms with Crippen LogP contribution >= 0.6 is 40.1 Å². The summed E-state index contributed by atoms with van der Waals surface area (Å²) < 4.78 is 1.09. The number of benzene rings is 1. The Hall–Kier alpha value is -0.230. The lowest BCUT2D eigenvalue weighted by Crippen LogP contribution is -2.43. The van der Waals surface area contributed by atoms with Crippen molar-refractivity contribution in [2.45, 2.75) is 43.2 Å². The molecule has 1 N–H and O–H groups in total. The van der Waals surface area contributed by atoms with Crippen LogP contribution in [0.2, 0.25) is 0 Å². The minimum Gasteiger partial charge on any atom is -0.335 e. The molecule has 122 valence electrons. The zero-order chi connectivity index (χ0) is 14.8. The monoisotopic (exact) mass is 404 g/mol. The van der Waals surface area contributed by atoms with E-state index in [1.54, 1.807) is 11.8 Å². The molecule has 0 spiro atoms. The molecule has 0 saturated carbocycles. The highest BCUT2D eigenvalue weighted by molar-refractivity contribution is 9.10. The summed E-state index contributed by atoms with van der Waals surface area (Å²) in [5, 5.41) is 3.45. The largest absolute Gasteiger partial charge is 0.335 e. The summed E-state index contributed by atoms with van der Waals surface area (Å²) in [6.45, 7) is 4.10. The number of nitrogens with one attached hydrogen (secondary N) is 1. The number of thioether (sulfide) groups is 1. The third-order valence-electron chi connectivity index (χ3n) is 4.43. The van der Waals surface area contributed by atoms with Gasteiger partial charge in [-0.05, 0) is 56.5 Å². The Balaban J connectivity index is 0.00000176. The van der Waals surface area contributed by atoms with Crippen LogP contribution in [0, 0.1) is 6.92 Å². The zero-order valence-corrected chi connectivity index (χ0v) is 15.9. The number of halogens is 2. The number of carbonyl (C=O) groups is 1. The smallest absolute Gasteiger partial charge is 0.233 e. The Morgan fingerprint density at radius 1 is 1.36 bits per heavy atom. The molecule has 2 aliphatic heterocycles. The molecule has 2 aliphatic rings. The summed E-state index contributed by atoms with van der Waals surface area (Å²) >= 11 is 5.14. The number of hydrogen-bond donors (Lipinski definition) is 1. The molecule has 2 atom stereocenters. The highest BCUT2D eigenvalue weighted by Crippen LogP contribution is 2.30. The minimum absolute atomic E-state index is 0. The lowest BCUT2D eigenvalue weighted by Gasteiger charge is -2.27. The molecule has 3 rings (SSSR count). The van der Waals surface area contributed by atoms with Gasteiger partial charge in [-0.25, -0.2) is 0 Å². The van der Waals surface area contributed by atoms with E-state index in [1.165, 1.54) is 16.9 Å². The molecule has 1 aromatic carbocycles. The maximum absolute atomic E-state index is 12.6. The first-order valence-corrected chi connectivity index (χ1v) is 9.34. The topological polar surface area (TPSA) is 32.3 Å². The maximum atomic E-state index is 12.6. The Morgan fingerprint density at radius 3 is 2.91 bits per heavy atom. The van der Waals surface area contributed by atoms with Crippen LogP contribution in [-0.2, 0) is 4.79 Å². The molecule has 2 saturated heterocycles. The van der Waals surface area contributed by atoms with E-state index >= 15 is 0 Å². The molecule has 2 heterocycles. The van der Waals surface area contributed by atoms with Gasteiger partial charge in [0.05, 0.1) is 5.75 Å². The van der Waals surface area contributed by atoms with Crippen molar-refractivity contribution in [2.24, 2.45) is 0 Å². The van der Waals surface area contributed by atoms with Crippen molar-refractivity contribution in [3.63, 3.8) is 0 Å². The highest BCUT2D eigenvalue weighted by atomic mass is 79.9. The van der Waals surface area contributed by atoms with E-state index in [9.17, 15) is 4.79 Å². The van der Waals surface area contributed by atoms with E-state index in [-0.39, 0.29) is 12.4 Å². The highest BCUT2D eigenvalue weighted by Gasteiger charge is 2.37. The van der Waals surface area contributed by atoms with Crippen LogP contribution in [0.3, 0.4) is 0 Å². The number of nitrogens with zero attached hydrogens (tertiary/aromatic N) is 1. The van der Waals surface area contributed by atoms with Gasteiger partial charge in [0.2, 0.25) is 5.91 Å². The van der Waals surface area contributed by atoms with Gasteiger partial charge in [-0.15, -0.1) is 24.2 Å². The second-order valence-electron chi connectivity index (χ2n) is 5.88. The second-order valence-corrected chi connectivity index (χ2v) is 7.81. The normalized spacial score (nSPS) is 23.8. The third-order valence-corrected chi connectivity index (χ3v) is 6.08. The fourth-order valence-corrected chi connectivity index (χ4v) is 4.73. The number of aryl methyl sites for hydroxylation is 1. The van der Waals surface area contributed by atoms with Crippen molar-refractivity contribution in [1.29, 1.82) is 0 Å². The van der Waals surface area contributed by atoms with Crippen LogP contribution in [-0.4, -0.2) is 41.7 Å². The van der Waals surface area contributed by atoms with Gasteiger partial charge in [-0.3, -0.25) is 4.79 Å². The van der Waals surface area contributed by atoms with Crippen LogP contribution in [0.5, 0.6) is 0 Å². The SMILES string of the molecule is Cc1cc(Br)ccc1SCC(=O)N1C2CCNCC1CC2.Cl. The van der Waals surface area contributed by atoms with Crippen molar-refractivity contribution in [3.05, 3.63) is 28.2 Å². The summed E-state index contributed by atoms with van der Waals surface area (Å²) in [7, 11) is 0. The lowest BCUT2D eigenvalue weighted by atomic mass is 10.1. The van der Waals surface area contributed by atoms with Crippen molar-refractivity contribution in [1.82, 2.24) is 10.2 Å². The molecular weight excluding hydrogens is 384 g/mol. The van der Waals surface area contributed by atoms with Crippen molar-refractivity contribution in [3.8, 4) is 0 Å². The van der Waals surface area contributed by atoms with Crippen LogP contribution in [0.4, 0.5) is 0 Å². The minimum atomic E-state index is 0. The number of carbonyl (C=O) groups excluding carboxylic acids is 1. The summed E-state index contributed by atoms with van der Waals surface area (Å²) in [4.78, 5) is 16.0. The summed E-state index contributed by atoms with van der Waals surface area (Å²) in [6, 6.07) is 7.11. The van der Waals surface area contributed by atoms with E-state index < -0.39 is 0 Å². The molecular formula is C16H22BrClN2OS. The van der Waals surface area contributed by atoms with Gasteiger partial charge in [0.25, 0.3) is 0 Å². The van der Waals surface area contributed by atoms with Crippen molar-refractivity contribution < 1.29 is 4.79 Å². The van der Waals surface area contributed by atoms with Crippen LogP contribution in [0.25, 0.3) is 0 Å². The predicted molar refractivity (Wildman–Crippen MR) is 98.0 cm³/mol. The summed E-state index contributed by atoms with van der Waals surface area (Å²) in [5.74, 6) is 0.855. The van der Waals surface area contributed by atoms with E-state index in [0.717, 1.165) is 30.4 Å². The molecule has 2 fully saturated rings. The Bertz CT molecular complexity index is 529. The lowest BCUT2D eigenvalue weighted by molar-refractivity contribution is -0.130. The molecule has 22 heavy (non-hydrogen) atoms. The van der Waals surface area contributed by atoms with Crippen molar-refractivity contribution in [2.75, 3.05) is 18.8 Å². The first kappa shape index (κ1) is 18.1. The van der Waals surface area contributed by atoms with Crippen LogP contribution in [0.15, 0.2) is 27.6 Å². The number of hydrogen-bond acceptors (Lipinski definition) is 3. The predicted octanol–water partition coefficient (Wildman–Crippen LogP) is 3.62. The van der Waals surface area contributed by atoms with Gasteiger partial charge in [0.15, 0.2) is 0 Å². The molecule has 1 amide bonds. The van der Waals surface area contributed by atoms with Gasteiger partial charge in [-0.1, -0.05) is 15.9 Å².